The number of esters is 1. The molecule has 0 rings (SSSR count). The Bertz CT molecular complexity index is 1750. The largest absolute Gasteiger partial charge is 0.472 e. The third kappa shape index (κ3) is 65.6. The van der Waals surface area contributed by atoms with Crippen molar-refractivity contribution in [1.82, 2.24) is 5.32 Å². The van der Waals surface area contributed by atoms with Crippen LogP contribution in [0.25, 0.3) is 0 Å². The molecule has 0 aliphatic rings. The highest BCUT2D eigenvalue weighted by molar-refractivity contribution is 7.47. The molecule has 0 aliphatic heterocycles. The molecule has 500 valence electrons. The predicted octanol–water partition coefficient (Wildman–Crippen LogP) is 23.3. The number of quaternary nitrogens is 1. The molecule has 0 saturated carbocycles. The lowest BCUT2D eigenvalue weighted by Crippen LogP contribution is -2.47. The Labute approximate surface area is 533 Å². The molecule has 0 aromatic rings. The molecule has 0 radical (unpaired) electrons. The van der Waals surface area contributed by atoms with E-state index in [1.165, 1.54) is 205 Å². The summed E-state index contributed by atoms with van der Waals surface area (Å²) in [6, 6.07) is -0.856. The molecule has 1 amide bonds. The quantitative estimate of drug-likeness (QED) is 0.0205. The lowest BCUT2D eigenvalue weighted by atomic mass is 10.0. The van der Waals surface area contributed by atoms with E-state index in [9.17, 15) is 19.0 Å². The number of nitrogens with zero attached hydrogens (tertiary/aromatic N) is 1. The average Bonchev–Trinajstić information content (AvgIpc) is 3.65. The second-order valence-corrected chi connectivity index (χ2v) is 27.2. The van der Waals surface area contributed by atoms with Crippen molar-refractivity contribution in [1.29, 1.82) is 0 Å². The van der Waals surface area contributed by atoms with Crippen LogP contribution in [0.4, 0.5) is 0 Å². The number of amides is 1. The fourth-order valence-electron chi connectivity index (χ4n) is 10.4. The summed E-state index contributed by atoms with van der Waals surface area (Å²) < 4.78 is 30.9. The topological polar surface area (TPSA) is 111 Å². The summed E-state index contributed by atoms with van der Waals surface area (Å²) in [6.45, 7) is 6.99. The maximum atomic E-state index is 13.6. The molecular formula is C76H140N2O7P+. The van der Waals surface area contributed by atoms with Gasteiger partial charge in [0.25, 0.3) is 0 Å². The first-order valence-electron chi connectivity index (χ1n) is 36.4. The van der Waals surface area contributed by atoms with Gasteiger partial charge in [-0.2, -0.15) is 0 Å². The third-order valence-corrected chi connectivity index (χ3v) is 17.0. The number of likely N-dealkylation sites (N-methyl/N-ethyl adjacent to an activating group) is 1. The van der Waals surface area contributed by atoms with Gasteiger partial charge in [0, 0.05) is 12.8 Å². The molecule has 10 heteroatoms. The Balaban J connectivity index is 5.06. The molecule has 0 aromatic carbocycles. The number of nitrogens with one attached hydrogen (secondary N) is 1. The van der Waals surface area contributed by atoms with Gasteiger partial charge in [0.15, 0.2) is 0 Å². The number of allylic oxidation sites excluding steroid dienone is 13. The number of carbonyl (C=O) groups excluding carboxylic acids is 2. The average molecular weight is 1220 g/mol. The number of ether oxygens (including phenoxy) is 1. The lowest BCUT2D eigenvalue weighted by molar-refractivity contribution is -0.870. The molecule has 9 nitrogen and oxygen atoms in total. The molecule has 0 spiro atoms. The zero-order valence-electron chi connectivity index (χ0n) is 57.3. The SMILES string of the molecule is CCCCC/C=C\C/C=C\C/C=C\C/C=C\CCCCCCCCCCCC(=O)OC(/C=C/CCCCCCCCCCCC)C(COP(=O)(O)OCC[N+](C)(C)C)NC(=O)CCCCCCCCCCCCCCC/C=C\C/C=C\CCCCC. The maximum Gasteiger partial charge on any atom is 0.472 e. The van der Waals surface area contributed by atoms with E-state index in [-0.39, 0.29) is 31.5 Å². The first-order valence-corrected chi connectivity index (χ1v) is 37.9. The van der Waals surface area contributed by atoms with Crippen LogP contribution in [0.2, 0.25) is 0 Å². The van der Waals surface area contributed by atoms with Crippen LogP contribution in [0, 0.1) is 0 Å². The molecule has 86 heavy (non-hydrogen) atoms. The molecule has 0 fully saturated rings. The van der Waals surface area contributed by atoms with Gasteiger partial charge in [-0.05, 0) is 109 Å². The van der Waals surface area contributed by atoms with Gasteiger partial charge in [-0.3, -0.25) is 18.6 Å². The monoisotopic (exact) mass is 1220 g/mol. The van der Waals surface area contributed by atoms with Gasteiger partial charge in [0.1, 0.15) is 19.3 Å². The molecule has 3 atom stereocenters. The van der Waals surface area contributed by atoms with Gasteiger partial charge in [0.2, 0.25) is 5.91 Å². The molecule has 0 aliphatic carbocycles. The lowest BCUT2D eigenvalue weighted by Gasteiger charge is -2.27. The predicted molar refractivity (Wildman–Crippen MR) is 374 cm³/mol. The minimum absolute atomic E-state index is 0.0370. The van der Waals surface area contributed by atoms with Crippen molar-refractivity contribution in [3.8, 4) is 0 Å². The number of hydrogen-bond acceptors (Lipinski definition) is 6. The summed E-state index contributed by atoms with van der Waals surface area (Å²) in [5, 5.41) is 3.07. The van der Waals surface area contributed by atoms with Crippen molar-refractivity contribution in [2.24, 2.45) is 0 Å². The molecule has 0 aromatic heterocycles. The second-order valence-electron chi connectivity index (χ2n) is 25.8. The summed E-state index contributed by atoms with van der Waals surface area (Å²) in [5.41, 5.74) is 0. The highest BCUT2D eigenvalue weighted by atomic mass is 31.2. The van der Waals surface area contributed by atoms with Gasteiger partial charge in [-0.15, -0.1) is 0 Å². The molecular weight excluding hydrogens is 1080 g/mol. The zero-order valence-corrected chi connectivity index (χ0v) is 58.2. The van der Waals surface area contributed by atoms with Crippen molar-refractivity contribution in [2.45, 2.75) is 348 Å². The van der Waals surface area contributed by atoms with E-state index in [1.807, 2.05) is 33.3 Å². The number of phosphoric ester groups is 1. The normalized spacial score (nSPS) is 14.0. The summed E-state index contributed by atoms with van der Waals surface area (Å²) in [5.74, 6) is -0.505. The van der Waals surface area contributed by atoms with E-state index in [0.29, 0.717) is 17.4 Å². The van der Waals surface area contributed by atoms with Crippen LogP contribution >= 0.6 is 7.82 Å². The Morgan fingerprint density at radius 1 is 0.407 bits per heavy atom. The standard InChI is InChI=1S/C76H139N2O7P/c1-7-10-13-16-19-22-25-28-30-32-34-36-38-39-41-43-45-47-49-51-54-57-60-63-66-69-76(80)85-74(67-64-61-58-55-52-27-24-21-18-15-12-9-3)73(72-84-86(81,82)83-71-70-78(4,5)6)77-75(79)68-65-62-59-56-53-50-48-46-44-42-40-37-35-33-31-29-26-23-20-17-14-11-8-2/h19-20,22-23,28-31,34,36,39,41,64,67,73-74H,7-18,21,24-27,32-33,35,37-38,40,42-63,65-66,68-72H2,1-6H3,(H-,77,79,81,82)/p+1/b22-19-,23-20-,30-28-,31-29-,36-34-,41-39-,67-64+. The first kappa shape index (κ1) is 83.2. The fraction of sp³-hybridized carbons (Fsp3) is 0.789. The van der Waals surface area contributed by atoms with Crippen LogP contribution in [0.5, 0.6) is 0 Å². The Morgan fingerprint density at radius 2 is 0.709 bits per heavy atom. The van der Waals surface area contributed by atoms with Gasteiger partial charge in [-0.25, -0.2) is 4.57 Å². The summed E-state index contributed by atoms with van der Waals surface area (Å²) in [7, 11) is 1.49. The number of rotatable bonds is 66. The summed E-state index contributed by atoms with van der Waals surface area (Å²) in [4.78, 5) is 37.9. The molecule has 0 bridgehead atoms. The fourth-order valence-corrected chi connectivity index (χ4v) is 11.2. The molecule has 3 unspecified atom stereocenters. The Morgan fingerprint density at radius 3 is 1.08 bits per heavy atom. The van der Waals surface area contributed by atoms with E-state index in [1.54, 1.807) is 0 Å². The highest BCUT2D eigenvalue weighted by Crippen LogP contribution is 2.43. The van der Waals surface area contributed by atoms with E-state index in [2.05, 4.69) is 99.0 Å². The van der Waals surface area contributed by atoms with Crippen molar-refractivity contribution in [3.05, 3.63) is 85.1 Å². The maximum absolute atomic E-state index is 13.6. The van der Waals surface area contributed by atoms with Crippen LogP contribution in [0.1, 0.15) is 335 Å². The van der Waals surface area contributed by atoms with Crippen LogP contribution < -0.4 is 5.32 Å². The third-order valence-electron chi connectivity index (χ3n) is 16.1. The second kappa shape index (κ2) is 65.2. The van der Waals surface area contributed by atoms with Crippen LogP contribution in [-0.4, -0.2) is 74.3 Å². The molecule has 2 N–H and O–H groups in total. The highest BCUT2D eigenvalue weighted by Gasteiger charge is 2.30. The van der Waals surface area contributed by atoms with Crippen molar-refractivity contribution in [2.75, 3.05) is 40.9 Å². The van der Waals surface area contributed by atoms with Gasteiger partial charge < -0.3 is 19.4 Å². The van der Waals surface area contributed by atoms with E-state index < -0.39 is 20.0 Å². The number of unbranched alkanes of at least 4 members (excludes halogenated alkanes) is 38. The van der Waals surface area contributed by atoms with Crippen LogP contribution in [0.15, 0.2) is 85.1 Å². The Kier molecular flexibility index (Phi) is 63.0. The smallest absolute Gasteiger partial charge is 0.456 e. The number of hydrogen-bond donors (Lipinski definition) is 2. The summed E-state index contributed by atoms with van der Waals surface area (Å²) in [6.07, 6.45) is 87.3. The van der Waals surface area contributed by atoms with Gasteiger partial charge in [0.05, 0.1) is 33.8 Å². The van der Waals surface area contributed by atoms with Crippen molar-refractivity contribution >= 4 is 19.7 Å². The Hall–Kier alpha value is -2.81. The van der Waals surface area contributed by atoms with Crippen molar-refractivity contribution < 1.29 is 37.3 Å². The zero-order chi connectivity index (χ0) is 62.8. The minimum atomic E-state index is -4.46. The molecule has 0 saturated heterocycles. The summed E-state index contributed by atoms with van der Waals surface area (Å²) >= 11 is 0. The van der Waals surface area contributed by atoms with Crippen molar-refractivity contribution in [3.63, 3.8) is 0 Å². The van der Waals surface area contributed by atoms with Gasteiger partial charge >= 0.3 is 13.8 Å². The molecule has 0 heterocycles. The van der Waals surface area contributed by atoms with Crippen LogP contribution in [0.3, 0.4) is 0 Å². The first-order chi connectivity index (χ1) is 41.9. The van der Waals surface area contributed by atoms with Crippen LogP contribution in [-0.2, 0) is 27.9 Å². The number of carbonyl (C=O) groups is 2. The van der Waals surface area contributed by atoms with Gasteiger partial charge in [-0.1, -0.05) is 299 Å². The van der Waals surface area contributed by atoms with E-state index in [4.69, 9.17) is 13.8 Å². The number of phosphoric acid groups is 1. The van der Waals surface area contributed by atoms with E-state index in [0.717, 1.165) is 96.3 Å². The minimum Gasteiger partial charge on any atom is -0.456 e. The van der Waals surface area contributed by atoms with E-state index >= 15 is 0 Å².